The van der Waals surface area contributed by atoms with Gasteiger partial charge < -0.3 is 4.90 Å². The van der Waals surface area contributed by atoms with Gasteiger partial charge in [0.25, 0.3) is 0 Å². The maximum Gasteiger partial charge on any atom is 0.239 e. The van der Waals surface area contributed by atoms with E-state index in [0.717, 1.165) is 12.8 Å². The van der Waals surface area contributed by atoms with Crippen molar-refractivity contribution in [3.63, 3.8) is 0 Å². The molecule has 1 heterocycles. The number of amides is 1. The Balaban J connectivity index is 1.88. The van der Waals surface area contributed by atoms with E-state index in [4.69, 9.17) is 0 Å². The molecule has 0 aromatic carbocycles. The van der Waals surface area contributed by atoms with E-state index in [1.54, 1.807) is 0 Å². The number of carbonyl (C=O) groups excluding carboxylic acids is 1. The van der Waals surface area contributed by atoms with Crippen LogP contribution in [0.1, 0.15) is 25.6 Å². The van der Waals surface area contributed by atoms with Crippen molar-refractivity contribution in [2.45, 2.75) is 30.5 Å². The molecule has 1 aromatic heterocycles. The van der Waals surface area contributed by atoms with Gasteiger partial charge in [0.15, 0.2) is 5.82 Å². The quantitative estimate of drug-likeness (QED) is 0.801. The summed E-state index contributed by atoms with van der Waals surface area (Å²) in [6.45, 7) is 3.33. The summed E-state index contributed by atoms with van der Waals surface area (Å²) < 4.78 is -0.278. The number of nitrogens with zero attached hydrogens (tertiary/aromatic N) is 4. The third kappa shape index (κ3) is 2.40. The van der Waals surface area contributed by atoms with Crippen LogP contribution in [0.3, 0.4) is 0 Å². The fourth-order valence-electron chi connectivity index (χ4n) is 1.53. The van der Waals surface area contributed by atoms with E-state index >= 15 is 0 Å². The predicted octanol–water partition coefficient (Wildman–Crippen LogP) is 0.518. The fraction of sp³-hybridized carbons (Fsp3) is 0.778. The summed E-state index contributed by atoms with van der Waals surface area (Å²) in [6, 6.07) is 0. The second-order valence-electron chi connectivity index (χ2n) is 3.93. The van der Waals surface area contributed by atoms with Crippen LogP contribution in [-0.4, -0.2) is 48.8 Å². The monoisotopic (exact) mass is 287 g/mol. The van der Waals surface area contributed by atoms with Gasteiger partial charge in [-0.05, 0) is 19.8 Å². The normalized spacial score (nSPS) is 17.1. The van der Waals surface area contributed by atoms with E-state index in [2.05, 4.69) is 36.6 Å². The van der Waals surface area contributed by atoms with Gasteiger partial charge >= 0.3 is 0 Å². The molecule has 0 aliphatic heterocycles. The number of nitrogens with one attached hydrogen (secondary N) is 1. The lowest BCUT2D eigenvalue weighted by molar-refractivity contribution is -0.131. The lowest BCUT2D eigenvalue weighted by Crippen LogP contribution is -2.39. The minimum Gasteiger partial charge on any atom is -0.341 e. The summed E-state index contributed by atoms with van der Waals surface area (Å²) in [6.07, 6.45) is 2.51. The van der Waals surface area contributed by atoms with E-state index in [0.29, 0.717) is 25.3 Å². The Kier molecular flexibility index (Phi) is 3.22. The molecular weight excluding hydrogens is 274 g/mol. The number of alkyl halides is 1. The number of likely N-dealkylation sites (N-methyl/N-ethyl adjacent to an activating group) is 1. The van der Waals surface area contributed by atoms with Crippen molar-refractivity contribution in [1.29, 1.82) is 0 Å². The first-order chi connectivity index (χ1) is 7.65. The van der Waals surface area contributed by atoms with Crippen LogP contribution in [0, 0.1) is 0 Å². The maximum atomic E-state index is 12.0. The Morgan fingerprint density at radius 3 is 2.88 bits per heavy atom. The van der Waals surface area contributed by atoms with Gasteiger partial charge in [0.1, 0.15) is 4.32 Å². The molecule has 1 aliphatic rings. The molecule has 16 heavy (non-hydrogen) atoms. The second-order valence-corrected chi connectivity index (χ2v) is 5.45. The molecule has 1 amide bonds. The molecule has 0 radical (unpaired) electrons. The number of H-pyrrole nitrogens is 1. The molecule has 0 saturated heterocycles. The first-order valence-corrected chi connectivity index (χ1v) is 6.15. The highest BCUT2D eigenvalue weighted by molar-refractivity contribution is 9.10. The zero-order chi connectivity index (χ0) is 11.6. The van der Waals surface area contributed by atoms with E-state index < -0.39 is 0 Å². The van der Waals surface area contributed by atoms with E-state index in [1.165, 1.54) is 0 Å². The smallest absolute Gasteiger partial charge is 0.239 e. The predicted molar refractivity (Wildman–Crippen MR) is 61.0 cm³/mol. The van der Waals surface area contributed by atoms with Gasteiger partial charge in [0.05, 0.1) is 0 Å². The Labute approximate surface area is 102 Å². The van der Waals surface area contributed by atoms with Gasteiger partial charge in [-0.1, -0.05) is 21.1 Å². The summed E-state index contributed by atoms with van der Waals surface area (Å²) in [4.78, 5) is 13.9. The molecule has 7 heteroatoms. The minimum atomic E-state index is -0.278. The molecule has 0 bridgehead atoms. The molecule has 88 valence electrons. The standard InChI is InChI=1S/C9H14BrN5O/c1-2-15(8(16)9(10)4-5-9)6-3-7-11-13-14-12-7/h2-6H2,1H3,(H,11,12,13,14). The number of aromatic amines is 1. The Bertz CT molecular complexity index is 362. The molecule has 1 aromatic rings. The van der Waals surface area contributed by atoms with Crippen molar-refractivity contribution in [2.24, 2.45) is 0 Å². The van der Waals surface area contributed by atoms with Gasteiger partial charge in [-0.15, -0.1) is 10.2 Å². The van der Waals surface area contributed by atoms with Gasteiger partial charge in [-0.3, -0.25) is 4.79 Å². The van der Waals surface area contributed by atoms with E-state index in [-0.39, 0.29) is 10.2 Å². The third-order valence-electron chi connectivity index (χ3n) is 2.74. The minimum absolute atomic E-state index is 0.179. The highest BCUT2D eigenvalue weighted by atomic mass is 79.9. The summed E-state index contributed by atoms with van der Waals surface area (Å²) in [5.74, 6) is 0.823. The van der Waals surface area contributed by atoms with Crippen molar-refractivity contribution < 1.29 is 4.79 Å². The molecule has 2 rings (SSSR count). The Morgan fingerprint density at radius 1 is 1.62 bits per heavy atom. The van der Waals surface area contributed by atoms with Crippen LogP contribution >= 0.6 is 15.9 Å². The topological polar surface area (TPSA) is 74.8 Å². The number of rotatable bonds is 5. The first kappa shape index (κ1) is 11.5. The lowest BCUT2D eigenvalue weighted by atomic mass is 10.3. The Morgan fingerprint density at radius 2 is 2.38 bits per heavy atom. The van der Waals surface area contributed by atoms with Gasteiger partial charge in [0.2, 0.25) is 5.91 Å². The highest BCUT2D eigenvalue weighted by Gasteiger charge is 2.49. The fourth-order valence-corrected chi connectivity index (χ4v) is 1.98. The van der Waals surface area contributed by atoms with Crippen LogP contribution < -0.4 is 0 Å². The second kappa shape index (κ2) is 4.48. The zero-order valence-corrected chi connectivity index (χ0v) is 10.7. The summed E-state index contributed by atoms with van der Waals surface area (Å²) in [7, 11) is 0. The van der Waals surface area contributed by atoms with E-state index in [9.17, 15) is 4.79 Å². The van der Waals surface area contributed by atoms with Crippen LogP contribution in [0.25, 0.3) is 0 Å². The van der Waals surface area contributed by atoms with Crippen LogP contribution in [0.5, 0.6) is 0 Å². The van der Waals surface area contributed by atoms with Crippen molar-refractivity contribution in [2.75, 3.05) is 13.1 Å². The number of hydrogen-bond donors (Lipinski definition) is 1. The van der Waals surface area contributed by atoms with Crippen molar-refractivity contribution >= 4 is 21.8 Å². The number of carbonyl (C=O) groups is 1. The first-order valence-electron chi connectivity index (χ1n) is 5.36. The molecule has 6 nitrogen and oxygen atoms in total. The van der Waals surface area contributed by atoms with E-state index in [1.807, 2.05) is 11.8 Å². The van der Waals surface area contributed by atoms with Gasteiger partial charge in [-0.2, -0.15) is 5.21 Å². The van der Waals surface area contributed by atoms with Gasteiger partial charge in [0, 0.05) is 19.5 Å². The highest BCUT2D eigenvalue weighted by Crippen LogP contribution is 2.45. The molecular formula is C9H14BrN5O. The van der Waals surface area contributed by atoms with Crippen LogP contribution in [0.4, 0.5) is 0 Å². The van der Waals surface area contributed by atoms with Crippen molar-refractivity contribution in [3.05, 3.63) is 5.82 Å². The molecule has 1 aliphatic carbocycles. The molecule has 1 fully saturated rings. The largest absolute Gasteiger partial charge is 0.341 e. The zero-order valence-electron chi connectivity index (χ0n) is 9.11. The Hall–Kier alpha value is -0.980. The third-order valence-corrected chi connectivity index (χ3v) is 3.87. The average Bonchev–Trinajstić information content (AvgIpc) is 2.82. The number of halogens is 1. The maximum absolute atomic E-state index is 12.0. The molecule has 0 unspecified atom stereocenters. The van der Waals surface area contributed by atoms with Crippen molar-refractivity contribution in [1.82, 2.24) is 25.5 Å². The lowest BCUT2D eigenvalue weighted by Gasteiger charge is -2.22. The SMILES string of the molecule is CCN(CCc1nn[nH]n1)C(=O)C1(Br)CC1. The van der Waals surface area contributed by atoms with Crippen molar-refractivity contribution in [3.8, 4) is 0 Å². The molecule has 0 spiro atoms. The number of aromatic nitrogens is 4. The number of hydrogen-bond acceptors (Lipinski definition) is 4. The summed E-state index contributed by atoms with van der Waals surface area (Å²) >= 11 is 3.47. The van der Waals surface area contributed by atoms with Gasteiger partial charge in [-0.25, -0.2) is 0 Å². The van der Waals surface area contributed by atoms with Crippen LogP contribution in [-0.2, 0) is 11.2 Å². The molecule has 1 saturated carbocycles. The van der Waals surface area contributed by atoms with Crippen LogP contribution in [0.15, 0.2) is 0 Å². The summed E-state index contributed by atoms with van der Waals surface area (Å²) in [5, 5.41) is 13.6. The van der Waals surface area contributed by atoms with Crippen LogP contribution in [0.2, 0.25) is 0 Å². The average molecular weight is 288 g/mol. The summed E-state index contributed by atoms with van der Waals surface area (Å²) in [5.41, 5.74) is 0. The number of tetrazole rings is 1. The molecule has 0 atom stereocenters. The molecule has 1 N–H and O–H groups in total.